The molecule has 1 spiro atoms. The highest BCUT2D eigenvalue weighted by molar-refractivity contribution is 5.80. The highest BCUT2D eigenvalue weighted by atomic mass is 19.4. The summed E-state index contributed by atoms with van der Waals surface area (Å²) in [6.45, 7) is 3.71. The van der Waals surface area contributed by atoms with Crippen molar-refractivity contribution in [1.82, 2.24) is 10.2 Å². The van der Waals surface area contributed by atoms with Gasteiger partial charge in [-0.25, -0.2) is 0 Å². The molecule has 0 aromatic heterocycles. The molecule has 1 aromatic rings. The summed E-state index contributed by atoms with van der Waals surface area (Å²) in [4.78, 5) is 6.80. The van der Waals surface area contributed by atoms with Crippen LogP contribution in [0, 0.1) is 5.41 Å². The van der Waals surface area contributed by atoms with Crippen molar-refractivity contribution >= 4 is 5.96 Å². The Bertz CT molecular complexity index is 752. The molecule has 2 saturated heterocycles. The van der Waals surface area contributed by atoms with E-state index in [0.29, 0.717) is 38.0 Å². The standard InChI is InChI=1S/C22H30F3N3O/c1-26-19(28-11-8-20(16-28)6-3-7-20)27-15-21(9-12-29-13-10-21)17-4-2-5-18(14-17)22(23,24)25/h2,4-5,14H,3,6-13,15-16H2,1H3,(H,26,27). The van der Waals surface area contributed by atoms with E-state index >= 15 is 0 Å². The van der Waals surface area contributed by atoms with Crippen molar-refractivity contribution in [2.45, 2.75) is 50.1 Å². The molecule has 0 radical (unpaired) electrons. The van der Waals surface area contributed by atoms with Gasteiger partial charge in [-0.05, 0) is 49.1 Å². The smallest absolute Gasteiger partial charge is 0.381 e. The van der Waals surface area contributed by atoms with Crippen LogP contribution in [0.1, 0.15) is 49.7 Å². The van der Waals surface area contributed by atoms with Crippen LogP contribution in [0.4, 0.5) is 13.2 Å². The minimum absolute atomic E-state index is 0.386. The molecule has 1 N–H and O–H groups in total. The van der Waals surface area contributed by atoms with E-state index < -0.39 is 11.7 Å². The average Bonchev–Trinajstić information content (AvgIpc) is 3.15. The quantitative estimate of drug-likeness (QED) is 0.600. The molecule has 3 aliphatic rings. The fourth-order valence-corrected chi connectivity index (χ4v) is 5.14. The van der Waals surface area contributed by atoms with Crippen LogP contribution in [0.2, 0.25) is 0 Å². The molecule has 160 valence electrons. The van der Waals surface area contributed by atoms with Gasteiger partial charge in [0.2, 0.25) is 0 Å². The molecule has 3 fully saturated rings. The molecule has 4 nitrogen and oxygen atoms in total. The van der Waals surface area contributed by atoms with Gasteiger partial charge < -0.3 is 15.0 Å². The predicted octanol–water partition coefficient (Wildman–Crippen LogP) is 4.21. The van der Waals surface area contributed by atoms with Gasteiger partial charge in [-0.1, -0.05) is 24.6 Å². The SMILES string of the molecule is CN=C(NCC1(c2cccc(C(F)(F)F)c2)CCOCC1)N1CCC2(CCC2)C1. The fraction of sp³-hybridized carbons (Fsp3) is 0.682. The van der Waals surface area contributed by atoms with Gasteiger partial charge in [0.25, 0.3) is 0 Å². The van der Waals surface area contributed by atoms with E-state index in [1.807, 2.05) is 6.07 Å². The van der Waals surface area contributed by atoms with Gasteiger partial charge in [0.15, 0.2) is 5.96 Å². The number of likely N-dealkylation sites (tertiary alicyclic amines) is 1. The van der Waals surface area contributed by atoms with Gasteiger partial charge in [0.05, 0.1) is 5.56 Å². The molecule has 1 aromatic carbocycles. The van der Waals surface area contributed by atoms with Crippen LogP contribution < -0.4 is 5.32 Å². The third-order valence-electron chi connectivity index (χ3n) is 7.20. The summed E-state index contributed by atoms with van der Waals surface area (Å²) >= 11 is 0. The van der Waals surface area contributed by atoms with Crippen LogP contribution in [0.5, 0.6) is 0 Å². The Morgan fingerprint density at radius 3 is 2.52 bits per heavy atom. The topological polar surface area (TPSA) is 36.9 Å². The van der Waals surface area contributed by atoms with Crippen molar-refractivity contribution in [3.63, 3.8) is 0 Å². The number of nitrogens with zero attached hydrogens (tertiary/aromatic N) is 2. The molecule has 7 heteroatoms. The van der Waals surface area contributed by atoms with E-state index in [-0.39, 0.29) is 5.41 Å². The number of guanidine groups is 1. The van der Waals surface area contributed by atoms with Gasteiger partial charge >= 0.3 is 6.18 Å². The van der Waals surface area contributed by atoms with Gasteiger partial charge in [-0.15, -0.1) is 0 Å². The lowest BCUT2D eigenvalue weighted by atomic mass is 9.68. The number of hydrogen-bond acceptors (Lipinski definition) is 2. The lowest BCUT2D eigenvalue weighted by Crippen LogP contribution is -2.49. The van der Waals surface area contributed by atoms with Gasteiger partial charge in [-0.3, -0.25) is 4.99 Å². The highest BCUT2D eigenvalue weighted by Crippen LogP contribution is 2.48. The monoisotopic (exact) mass is 409 g/mol. The first kappa shape index (κ1) is 20.5. The van der Waals surface area contributed by atoms with Crippen LogP contribution in [-0.4, -0.2) is 50.8 Å². The van der Waals surface area contributed by atoms with Crippen molar-refractivity contribution in [2.24, 2.45) is 10.4 Å². The summed E-state index contributed by atoms with van der Waals surface area (Å²) in [6.07, 6.45) is 2.18. The molecule has 0 bridgehead atoms. The van der Waals surface area contributed by atoms with Crippen LogP contribution in [0.25, 0.3) is 0 Å². The molecule has 0 unspecified atom stereocenters. The number of hydrogen-bond donors (Lipinski definition) is 1. The Morgan fingerprint density at radius 1 is 1.17 bits per heavy atom. The summed E-state index contributed by atoms with van der Waals surface area (Å²) in [7, 11) is 1.79. The first-order chi connectivity index (χ1) is 13.9. The molecular formula is C22H30F3N3O. The minimum Gasteiger partial charge on any atom is -0.381 e. The zero-order valence-electron chi connectivity index (χ0n) is 17.0. The number of rotatable bonds is 3. The number of ether oxygens (including phenoxy) is 1. The van der Waals surface area contributed by atoms with E-state index in [1.165, 1.54) is 37.8 Å². The van der Waals surface area contributed by atoms with Crippen LogP contribution in [0.3, 0.4) is 0 Å². The molecule has 29 heavy (non-hydrogen) atoms. The zero-order valence-corrected chi connectivity index (χ0v) is 17.0. The Balaban J connectivity index is 1.51. The molecule has 2 aliphatic heterocycles. The number of aliphatic imine (C=N–C) groups is 1. The van der Waals surface area contributed by atoms with Crippen LogP contribution >= 0.6 is 0 Å². The maximum absolute atomic E-state index is 13.3. The molecule has 0 amide bonds. The number of nitrogens with one attached hydrogen (secondary N) is 1. The molecule has 1 saturated carbocycles. The Hall–Kier alpha value is -1.76. The molecular weight excluding hydrogens is 379 g/mol. The number of alkyl halides is 3. The number of halogens is 3. The average molecular weight is 409 g/mol. The summed E-state index contributed by atoms with van der Waals surface area (Å²) in [6, 6.07) is 5.80. The van der Waals surface area contributed by atoms with E-state index in [1.54, 1.807) is 7.05 Å². The summed E-state index contributed by atoms with van der Waals surface area (Å²) in [5.74, 6) is 0.867. The summed E-state index contributed by atoms with van der Waals surface area (Å²) in [5.41, 5.74) is 0.227. The Morgan fingerprint density at radius 2 is 1.93 bits per heavy atom. The summed E-state index contributed by atoms with van der Waals surface area (Å²) < 4.78 is 45.4. The molecule has 0 atom stereocenters. The second-order valence-electron chi connectivity index (χ2n) is 8.90. The van der Waals surface area contributed by atoms with Gasteiger partial charge in [0, 0.05) is 45.3 Å². The van der Waals surface area contributed by atoms with Crippen molar-refractivity contribution in [3.8, 4) is 0 Å². The normalized spacial score (nSPS) is 23.9. The second kappa shape index (κ2) is 7.82. The predicted molar refractivity (Wildman–Crippen MR) is 107 cm³/mol. The lowest BCUT2D eigenvalue weighted by Gasteiger charge is -2.40. The van der Waals surface area contributed by atoms with E-state index in [9.17, 15) is 13.2 Å². The third kappa shape index (κ3) is 4.11. The zero-order chi connectivity index (χ0) is 20.5. The molecule has 2 heterocycles. The fourth-order valence-electron chi connectivity index (χ4n) is 5.14. The Kier molecular flexibility index (Phi) is 5.53. The van der Waals surface area contributed by atoms with E-state index in [4.69, 9.17) is 4.74 Å². The van der Waals surface area contributed by atoms with Crippen molar-refractivity contribution in [3.05, 3.63) is 35.4 Å². The second-order valence-corrected chi connectivity index (χ2v) is 8.90. The van der Waals surface area contributed by atoms with Crippen molar-refractivity contribution in [1.29, 1.82) is 0 Å². The van der Waals surface area contributed by atoms with Crippen molar-refractivity contribution < 1.29 is 17.9 Å². The maximum atomic E-state index is 13.3. The largest absolute Gasteiger partial charge is 0.416 e. The first-order valence-corrected chi connectivity index (χ1v) is 10.6. The Labute approximate surface area is 170 Å². The van der Waals surface area contributed by atoms with E-state index in [0.717, 1.165) is 30.7 Å². The lowest BCUT2D eigenvalue weighted by molar-refractivity contribution is -0.137. The third-order valence-corrected chi connectivity index (χ3v) is 7.20. The van der Waals surface area contributed by atoms with Gasteiger partial charge in [-0.2, -0.15) is 13.2 Å². The van der Waals surface area contributed by atoms with Gasteiger partial charge in [0.1, 0.15) is 0 Å². The highest BCUT2D eigenvalue weighted by Gasteiger charge is 2.44. The van der Waals surface area contributed by atoms with Crippen molar-refractivity contribution in [2.75, 3.05) is 39.9 Å². The summed E-state index contributed by atoms with van der Waals surface area (Å²) in [5, 5.41) is 3.50. The minimum atomic E-state index is -4.33. The molecule has 4 rings (SSSR count). The first-order valence-electron chi connectivity index (χ1n) is 10.6. The van der Waals surface area contributed by atoms with Crippen LogP contribution in [0.15, 0.2) is 29.3 Å². The van der Waals surface area contributed by atoms with E-state index in [2.05, 4.69) is 15.2 Å². The maximum Gasteiger partial charge on any atom is 0.416 e. The van der Waals surface area contributed by atoms with Crippen LogP contribution in [-0.2, 0) is 16.3 Å². The molecule has 1 aliphatic carbocycles. The number of benzene rings is 1.